The smallest absolute Gasteiger partial charge is 0.162 e. The number of aliphatic hydroxyl groups excluding tert-OH is 1. The van der Waals surface area contributed by atoms with Crippen LogP contribution in [0.5, 0.6) is 0 Å². The summed E-state index contributed by atoms with van der Waals surface area (Å²) in [6.45, 7) is 7.71. The van der Waals surface area contributed by atoms with Crippen molar-refractivity contribution in [2.24, 2.45) is 34.5 Å². The summed E-state index contributed by atoms with van der Waals surface area (Å²) >= 11 is 0. The van der Waals surface area contributed by atoms with Gasteiger partial charge in [0.1, 0.15) is 11.8 Å². The van der Waals surface area contributed by atoms with Crippen molar-refractivity contribution in [1.29, 1.82) is 0 Å². The van der Waals surface area contributed by atoms with Gasteiger partial charge in [-0.3, -0.25) is 4.79 Å². The molecule has 0 spiro atoms. The molecule has 3 saturated carbocycles. The fourth-order valence-electron chi connectivity index (χ4n) is 7.59. The minimum atomic E-state index is -1.31. The standard InChI is InChI=1S/C22H33FO3/c1-12-9-17-15-11-19(23)18-10-14(25)5-7-20(18,3)16(15)6-8-21(17,4)22(12,26)13(2)24/h6,12,14-15,17-19,25-26H,5,7-11H2,1-4H3/t12-,14+,15?,17?,18-,19-,20+,21-,22-/m0/s1. The molecule has 4 aliphatic carbocycles. The number of allylic oxidation sites excluding steroid dienone is 2. The molecule has 4 heteroatoms. The van der Waals surface area contributed by atoms with Crippen LogP contribution in [0.25, 0.3) is 0 Å². The highest BCUT2D eigenvalue weighted by Crippen LogP contribution is 2.67. The monoisotopic (exact) mass is 364 g/mol. The van der Waals surface area contributed by atoms with E-state index in [-0.39, 0.29) is 41.0 Å². The second-order valence-corrected chi connectivity index (χ2v) is 10.2. The third-order valence-electron chi connectivity index (χ3n) is 9.09. The van der Waals surface area contributed by atoms with Gasteiger partial charge in [-0.1, -0.05) is 32.4 Å². The molecule has 4 aliphatic rings. The molecule has 2 N–H and O–H groups in total. The summed E-state index contributed by atoms with van der Waals surface area (Å²) in [5, 5.41) is 21.4. The van der Waals surface area contributed by atoms with Gasteiger partial charge in [0.15, 0.2) is 5.78 Å². The fourth-order valence-corrected chi connectivity index (χ4v) is 7.59. The molecule has 0 aromatic carbocycles. The highest BCUT2D eigenvalue weighted by Gasteiger charge is 2.67. The normalized spacial score (nSPS) is 56.2. The topological polar surface area (TPSA) is 57.5 Å². The van der Waals surface area contributed by atoms with Crippen LogP contribution in [0.4, 0.5) is 4.39 Å². The number of hydrogen-bond donors (Lipinski definition) is 2. The van der Waals surface area contributed by atoms with Crippen LogP contribution in [0.15, 0.2) is 11.6 Å². The lowest BCUT2D eigenvalue weighted by Crippen LogP contribution is -2.57. The molecule has 0 aromatic heterocycles. The highest BCUT2D eigenvalue weighted by molar-refractivity contribution is 5.86. The predicted octanol–water partition coefficient (Wildman–Crippen LogP) is 3.82. The van der Waals surface area contributed by atoms with Gasteiger partial charge in [-0.25, -0.2) is 4.39 Å². The van der Waals surface area contributed by atoms with Gasteiger partial charge in [0.05, 0.1) is 6.10 Å². The van der Waals surface area contributed by atoms with Gasteiger partial charge in [-0.05, 0) is 68.6 Å². The number of aliphatic hydroxyl groups is 2. The molecule has 0 heterocycles. The minimum absolute atomic E-state index is 0.0977. The number of fused-ring (bicyclic) bond motifs is 5. The maximum absolute atomic E-state index is 15.3. The van der Waals surface area contributed by atoms with Crippen molar-refractivity contribution in [3.8, 4) is 0 Å². The minimum Gasteiger partial charge on any atom is -0.393 e. The van der Waals surface area contributed by atoms with Gasteiger partial charge in [0.2, 0.25) is 0 Å². The van der Waals surface area contributed by atoms with Crippen LogP contribution < -0.4 is 0 Å². The Labute approximate surface area is 156 Å². The second kappa shape index (κ2) is 5.64. The van der Waals surface area contributed by atoms with Crippen LogP contribution in [-0.2, 0) is 4.79 Å². The summed E-state index contributed by atoms with van der Waals surface area (Å²) < 4.78 is 15.3. The van der Waals surface area contributed by atoms with Crippen molar-refractivity contribution in [3.05, 3.63) is 11.6 Å². The number of Topliss-reactive ketones (excluding diaryl/α,β-unsaturated/α-hetero) is 1. The first-order valence-electron chi connectivity index (χ1n) is 10.3. The van der Waals surface area contributed by atoms with Crippen molar-refractivity contribution >= 4 is 5.78 Å². The summed E-state index contributed by atoms with van der Waals surface area (Å²) in [6, 6.07) is 0. The molecule has 3 nitrogen and oxygen atoms in total. The van der Waals surface area contributed by atoms with Crippen molar-refractivity contribution in [1.82, 2.24) is 0 Å². The molecule has 2 unspecified atom stereocenters. The number of halogens is 1. The molecule has 3 fully saturated rings. The van der Waals surface area contributed by atoms with Crippen LogP contribution in [-0.4, -0.2) is 33.9 Å². The Hall–Kier alpha value is -0.740. The number of carbonyl (C=O) groups excluding carboxylic acids is 1. The van der Waals surface area contributed by atoms with E-state index >= 15 is 4.39 Å². The maximum atomic E-state index is 15.3. The summed E-state index contributed by atoms with van der Waals surface area (Å²) in [5.41, 5.74) is -0.663. The molecular formula is C22H33FO3. The Bertz CT molecular complexity index is 660. The molecule has 4 rings (SSSR count). The average Bonchev–Trinajstić information content (AvgIpc) is 2.78. The molecule has 26 heavy (non-hydrogen) atoms. The van der Waals surface area contributed by atoms with Crippen LogP contribution in [0.1, 0.15) is 66.2 Å². The molecule has 0 bridgehead atoms. The first-order valence-corrected chi connectivity index (χ1v) is 10.3. The Morgan fingerprint density at radius 2 is 1.92 bits per heavy atom. The summed E-state index contributed by atoms with van der Waals surface area (Å²) in [4.78, 5) is 12.4. The summed E-state index contributed by atoms with van der Waals surface area (Å²) in [7, 11) is 0. The molecule has 0 amide bonds. The lowest BCUT2D eigenvalue weighted by Gasteiger charge is -2.58. The largest absolute Gasteiger partial charge is 0.393 e. The lowest BCUT2D eigenvalue weighted by molar-refractivity contribution is -0.157. The summed E-state index contributed by atoms with van der Waals surface area (Å²) in [5.74, 6) is -0.0992. The first kappa shape index (κ1) is 18.6. The fraction of sp³-hybridized carbons (Fsp3) is 0.864. The third kappa shape index (κ3) is 2.09. The van der Waals surface area contributed by atoms with Gasteiger partial charge in [0, 0.05) is 11.3 Å². The highest BCUT2D eigenvalue weighted by atomic mass is 19.1. The van der Waals surface area contributed by atoms with Crippen LogP contribution >= 0.6 is 0 Å². The van der Waals surface area contributed by atoms with Gasteiger partial charge in [0.25, 0.3) is 0 Å². The van der Waals surface area contributed by atoms with Crippen LogP contribution in [0.3, 0.4) is 0 Å². The zero-order chi connectivity index (χ0) is 19.1. The van der Waals surface area contributed by atoms with Gasteiger partial charge >= 0.3 is 0 Å². The van der Waals surface area contributed by atoms with E-state index in [2.05, 4.69) is 13.0 Å². The van der Waals surface area contributed by atoms with E-state index in [0.29, 0.717) is 19.3 Å². The Kier molecular flexibility index (Phi) is 4.03. The number of hydrogen-bond acceptors (Lipinski definition) is 3. The van der Waals surface area contributed by atoms with Gasteiger partial charge in [-0.2, -0.15) is 0 Å². The van der Waals surface area contributed by atoms with E-state index in [9.17, 15) is 15.0 Å². The van der Waals surface area contributed by atoms with E-state index in [1.165, 1.54) is 12.5 Å². The Balaban J connectivity index is 1.77. The molecule has 0 radical (unpaired) electrons. The van der Waals surface area contributed by atoms with Crippen molar-refractivity contribution in [2.75, 3.05) is 0 Å². The SMILES string of the molecule is CC(=O)[C@@]1(O)[C@@H](C)CC2C3C[C@H](F)[C@@H]4C[C@H](O)CC[C@]4(C)C3=CC[C@@]21C. The molecule has 0 aromatic rings. The molecule has 0 aliphatic heterocycles. The number of carbonyl (C=O) groups is 1. The van der Waals surface area contributed by atoms with E-state index in [0.717, 1.165) is 19.3 Å². The average molecular weight is 365 g/mol. The van der Waals surface area contributed by atoms with E-state index < -0.39 is 17.2 Å². The van der Waals surface area contributed by atoms with Crippen LogP contribution in [0.2, 0.25) is 0 Å². The summed E-state index contributed by atoms with van der Waals surface area (Å²) in [6.07, 6.45) is 5.00. The Morgan fingerprint density at radius 1 is 1.23 bits per heavy atom. The second-order valence-electron chi connectivity index (χ2n) is 10.2. The van der Waals surface area contributed by atoms with Crippen molar-refractivity contribution in [2.45, 2.75) is 84.1 Å². The molecular weight excluding hydrogens is 331 g/mol. The molecule has 0 saturated heterocycles. The van der Waals surface area contributed by atoms with Crippen LogP contribution in [0, 0.1) is 34.5 Å². The number of ketones is 1. The van der Waals surface area contributed by atoms with Gasteiger partial charge < -0.3 is 10.2 Å². The van der Waals surface area contributed by atoms with E-state index in [1.807, 2.05) is 13.8 Å². The van der Waals surface area contributed by atoms with E-state index in [4.69, 9.17) is 0 Å². The van der Waals surface area contributed by atoms with E-state index in [1.54, 1.807) is 0 Å². The molecule has 146 valence electrons. The van der Waals surface area contributed by atoms with Gasteiger partial charge in [-0.15, -0.1) is 0 Å². The number of alkyl halides is 1. The molecule has 9 atom stereocenters. The first-order chi connectivity index (χ1) is 12.1. The predicted molar refractivity (Wildman–Crippen MR) is 98.2 cm³/mol. The third-order valence-corrected chi connectivity index (χ3v) is 9.09. The van der Waals surface area contributed by atoms with Crippen molar-refractivity contribution in [3.63, 3.8) is 0 Å². The van der Waals surface area contributed by atoms with Crippen molar-refractivity contribution < 1.29 is 19.4 Å². The zero-order valence-electron chi connectivity index (χ0n) is 16.5. The lowest BCUT2D eigenvalue weighted by atomic mass is 9.47. The Morgan fingerprint density at radius 3 is 2.58 bits per heavy atom. The zero-order valence-corrected chi connectivity index (χ0v) is 16.5. The quantitative estimate of drug-likeness (QED) is 0.696. The number of rotatable bonds is 1. The maximum Gasteiger partial charge on any atom is 0.162 e.